The number of benzene rings is 2. The summed E-state index contributed by atoms with van der Waals surface area (Å²) in [7, 11) is -3.10. The van der Waals surface area contributed by atoms with Crippen LogP contribution in [0.4, 0.5) is 0 Å². The molecular formula is C24H43NO2SY. The molecule has 0 saturated heterocycles. The van der Waals surface area contributed by atoms with E-state index in [1.807, 2.05) is 50.2 Å². The van der Waals surface area contributed by atoms with Crippen molar-refractivity contribution in [1.82, 2.24) is 4.72 Å². The molecule has 0 fully saturated rings. The minimum absolute atomic E-state index is 0. The maximum atomic E-state index is 11.5. The van der Waals surface area contributed by atoms with Crippen molar-refractivity contribution < 1.29 is 41.1 Å². The van der Waals surface area contributed by atoms with Crippen LogP contribution in [0.15, 0.2) is 60.7 Å². The Morgan fingerprint density at radius 3 is 1.62 bits per heavy atom. The van der Waals surface area contributed by atoms with E-state index in [-0.39, 0.29) is 66.8 Å². The van der Waals surface area contributed by atoms with Gasteiger partial charge in [-0.25, -0.2) is 13.1 Å². The summed E-state index contributed by atoms with van der Waals surface area (Å²) < 4.78 is 25.6. The first-order chi connectivity index (χ1) is 11.8. The van der Waals surface area contributed by atoms with Crippen LogP contribution < -0.4 is 4.72 Å². The predicted molar refractivity (Wildman–Crippen MR) is 128 cm³/mol. The quantitative estimate of drug-likeness (QED) is 0.464. The van der Waals surface area contributed by atoms with Crippen LogP contribution in [0, 0.1) is 0 Å². The fourth-order valence-electron chi connectivity index (χ4n) is 2.37. The first-order valence-electron chi connectivity index (χ1n) is 8.89. The topological polar surface area (TPSA) is 46.2 Å². The van der Waals surface area contributed by atoms with E-state index < -0.39 is 10.0 Å². The van der Waals surface area contributed by atoms with Crippen molar-refractivity contribution in [3.05, 3.63) is 71.8 Å². The van der Waals surface area contributed by atoms with Crippen molar-refractivity contribution in [2.45, 2.75) is 74.8 Å². The number of rotatable bonds is 7. The predicted octanol–water partition coefficient (Wildman–Crippen LogP) is 6.66. The van der Waals surface area contributed by atoms with Crippen molar-refractivity contribution in [3.63, 3.8) is 0 Å². The minimum atomic E-state index is -3.10. The first kappa shape index (κ1) is 35.9. The zero-order valence-corrected chi connectivity index (χ0v) is 20.0. The van der Waals surface area contributed by atoms with Crippen molar-refractivity contribution in [1.29, 1.82) is 0 Å². The van der Waals surface area contributed by atoms with Gasteiger partial charge in [-0.3, -0.25) is 0 Å². The molecule has 0 unspecified atom stereocenters. The Morgan fingerprint density at radius 1 is 0.793 bits per heavy atom. The molecule has 0 aliphatic heterocycles. The molecule has 165 valence electrons. The molecule has 2 rings (SSSR count). The molecule has 0 heterocycles. The molecule has 0 aromatic heterocycles. The number of nitrogens with one attached hydrogen (secondary N) is 1. The number of sulfonamides is 1. The summed E-state index contributed by atoms with van der Waals surface area (Å²) >= 11 is 0. The van der Waals surface area contributed by atoms with Crippen molar-refractivity contribution >= 4 is 10.0 Å². The van der Waals surface area contributed by atoms with Gasteiger partial charge < -0.3 is 0 Å². The summed E-state index contributed by atoms with van der Waals surface area (Å²) in [5.41, 5.74) is 2.60. The second-order valence-corrected chi connectivity index (χ2v) is 8.62. The van der Waals surface area contributed by atoms with Crippen LogP contribution in [0.1, 0.15) is 73.4 Å². The van der Waals surface area contributed by atoms with Gasteiger partial charge >= 0.3 is 0 Å². The van der Waals surface area contributed by atoms with Crippen molar-refractivity contribution in [3.8, 4) is 0 Å². The van der Waals surface area contributed by atoms with Gasteiger partial charge in [0.05, 0.1) is 5.75 Å². The molecule has 1 N–H and O–H groups in total. The van der Waals surface area contributed by atoms with Gasteiger partial charge in [0.15, 0.2) is 0 Å². The van der Waals surface area contributed by atoms with Crippen LogP contribution in [0.2, 0.25) is 0 Å². The van der Waals surface area contributed by atoms with Crippen LogP contribution in [0.5, 0.6) is 0 Å². The fraction of sp³-hybridized carbons (Fsp3) is 0.500. The number of hydrogen-bond acceptors (Lipinski definition) is 2. The Bertz CT molecular complexity index is 687. The zero-order chi connectivity index (χ0) is 18.7. The van der Waals surface area contributed by atoms with E-state index in [9.17, 15) is 8.42 Å². The average Bonchev–Trinajstić information content (AvgIpc) is 2.56. The van der Waals surface area contributed by atoms with Gasteiger partial charge in [-0.1, -0.05) is 96.8 Å². The van der Waals surface area contributed by atoms with Crippen LogP contribution >= 0.6 is 0 Å². The van der Waals surface area contributed by atoms with Crippen molar-refractivity contribution in [2.24, 2.45) is 0 Å². The summed E-state index contributed by atoms with van der Waals surface area (Å²) in [6.45, 7) is 8.06. The third-order valence-electron chi connectivity index (χ3n) is 3.60. The van der Waals surface area contributed by atoms with Gasteiger partial charge in [-0.15, -0.1) is 0 Å². The average molecular weight is 499 g/mol. The SMILES string of the molecule is C.C.C.CC(C)NS(=O)(=O)CCCc1ccccc1.CC(C)c1ccccc1.[Y]. The van der Waals surface area contributed by atoms with Gasteiger partial charge in [-0.2, -0.15) is 0 Å². The van der Waals surface area contributed by atoms with Crippen LogP contribution in [-0.2, 0) is 49.2 Å². The Hall–Kier alpha value is -0.546. The minimum Gasteiger partial charge on any atom is -0.213 e. The molecule has 2 aromatic rings. The second kappa shape index (κ2) is 19.4. The summed E-state index contributed by atoms with van der Waals surface area (Å²) in [6.07, 6.45) is 1.46. The first-order valence-corrected chi connectivity index (χ1v) is 10.5. The fourth-order valence-corrected chi connectivity index (χ4v) is 3.73. The Morgan fingerprint density at radius 2 is 1.24 bits per heavy atom. The van der Waals surface area contributed by atoms with E-state index in [4.69, 9.17) is 0 Å². The Kier molecular flexibility index (Phi) is 24.0. The van der Waals surface area contributed by atoms with Crippen LogP contribution in [0.25, 0.3) is 0 Å². The third kappa shape index (κ3) is 18.0. The summed E-state index contributed by atoms with van der Waals surface area (Å²) in [6, 6.07) is 20.4. The standard InChI is InChI=1S/C12H19NO2S.C9H12.3CH4.Y/c1-11(2)13-16(14,15)10-6-9-12-7-4-3-5-8-12;1-8(2)9-6-4-3-5-7-9;;;;/h3-5,7-8,11,13H,6,9-10H2,1-2H3;3-8H,1-2H3;3*1H4;. The maximum absolute atomic E-state index is 11.5. The van der Waals surface area contributed by atoms with Gasteiger partial charge in [0, 0.05) is 38.8 Å². The van der Waals surface area contributed by atoms with Gasteiger partial charge in [0.1, 0.15) is 0 Å². The molecule has 3 nitrogen and oxygen atoms in total. The summed E-state index contributed by atoms with van der Waals surface area (Å²) in [5.74, 6) is 0.853. The van der Waals surface area contributed by atoms with E-state index in [2.05, 4.69) is 42.8 Å². The molecule has 0 bridgehead atoms. The Labute approximate surface area is 207 Å². The normalized spacial score (nSPS) is 9.72. The molecule has 0 aliphatic rings. The molecule has 0 saturated carbocycles. The molecule has 0 aliphatic carbocycles. The number of aryl methyl sites for hydroxylation is 1. The molecule has 0 spiro atoms. The van der Waals surface area contributed by atoms with E-state index in [0.29, 0.717) is 12.3 Å². The monoisotopic (exact) mass is 498 g/mol. The van der Waals surface area contributed by atoms with Gasteiger partial charge in [-0.05, 0) is 43.7 Å². The van der Waals surface area contributed by atoms with Crippen LogP contribution in [-0.4, -0.2) is 20.2 Å². The summed E-state index contributed by atoms with van der Waals surface area (Å²) in [4.78, 5) is 0. The molecule has 29 heavy (non-hydrogen) atoms. The van der Waals surface area contributed by atoms with E-state index in [1.54, 1.807) is 0 Å². The maximum Gasteiger partial charge on any atom is 0.211 e. The molecule has 2 aromatic carbocycles. The van der Waals surface area contributed by atoms with E-state index in [0.717, 1.165) is 6.42 Å². The Balaban J connectivity index is -0.000000210. The molecule has 0 atom stereocenters. The van der Waals surface area contributed by atoms with E-state index >= 15 is 0 Å². The van der Waals surface area contributed by atoms with Gasteiger partial charge in [0.2, 0.25) is 10.0 Å². The zero-order valence-electron chi connectivity index (χ0n) is 16.4. The molecular weight excluding hydrogens is 455 g/mol. The third-order valence-corrected chi connectivity index (χ3v) is 5.26. The largest absolute Gasteiger partial charge is 0.213 e. The van der Waals surface area contributed by atoms with Crippen molar-refractivity contribution in [2.75, 3.05) is 5.75 Å². The smallest absolute Gasteiger partial charge is 0.211 e. The second-order valence-electron chi connectivity index (χ2n) is 6.75. The summed E-state index contributed by atoms with van der Waals surface area (Å²) in [5, 5.41) is 0. The number of hydrogen-bond donors (Lipinski definition) is 1. The van der Waals surface area contributed by atoms with E-state index in [1.165, 1.54) is 11.1 Å². The van der Waals surface area contributed by atoms with Gasteiger partial charge in [0.25, 0.3) is 0 Å². The molecule has 5 heteroatoms. The molecule has 0 amide bonds. The van der Waals surface area contributed by atoms with Crippen LogP contribution in [0.3, 0.4) is 0 Å². The molecule has 1 radical (unpaired) electrons.